The van der Waals surface area contributed by atoms with Crippen molar-refractivity contribution in [3.05, 3.63) is 33.4 Å². The number of hydrogen-bond acceptors (Lipinski definition) is 5. The molecule has 28 heavy (non-hydrogen) atoms. The van der Waals surface area contributed by atoms with Gasteiger partial charge >= 0.3 is 0 Å². The Morgan fingerprint density at radius 1 is 1.39 bits per heavy atom. The van der Waals surface area contributed by atoms with Gasteiger partial charge in [0, 0.05) is 18.0 Å². The van der Waals surface area contributed by atoms with Crippen LogP contribution >= 0.6 is 23.1 Å². The fourth-order valence-corrected chi connectivity index (χ4v) is 5.83. The number of fused-ring (bicyclic) bond motifs is 3. The van der Waals surface area contributed by atoms with E-state index in [-0.39, 0.29) is 16.7 Å². The van der Waals surface area contributed by atoms with Crippen molar-refractivity contribution in [2.24, 2.45) is 0 Å². The summed E-state index contributed by atoms with van der Waals surface area (Å²) < 4.78 is 1.81. The first-order valence-corrected chi connectivity index (χ1v) is 11.9. The predicted octanol–water partition coefficient (Wildman–Crippen LogP) is 4.31. The summed E-state index contributed by atoms with van der Waals surface area (Å²) in [4.78, 5) is 32.6. The first kappa shape index (κ1) is 21.1. The third-order valence-corrected chi connectivity index (χ3v) is 7.37. The molecule has 0 radical (unpaired) electrons. The highest BCUT2D eigenvalue weighted by atomic mass is 32.2. The van der Waals surface area contributed by atoms with Crippen LogP contribution in [0.25, 0.3) is 10.2 Å². The minimum Gasteiger partial charge on any atom is -0.352 e. The van der Waals surface area contributed by atoms with Crippen LogP contribution in [0.2, 0.25) is 0 Å². The molecule has 0 saturated carbocycles. The van der Waals surface area contributed by atoms with Gasteiger partial charge in [0.05, 0.1) is 10.6 Å². The number of aryl methyl sites for hydroxylation is 2. The van der Waals surface area contributed by atoms with E-state index in [4.69, 9.17) is 4.98 Å². The lowest BCUT2D eigenvalue weighted by molar-refractivity contribution is -0.120. The van der Waals surface area contributed by atoms with Crippen LogP contribution in [-0.2, 0) is 24.2 Å². The molecule has 1 amide bonds. The van der Waals surface area contributed by atoms with Gasteiger partial charge in [-0.05, 0) is 38.2 Å². The number of nitrogens with one attached hydrogen (secondary N) is 1. The van der Waals surface area contributed by atoms with Gasteiger partial charge in [0.15, 0.2) is 5.16 Å². The van der Waals surface area contributed by atoms with E-state index in [0.29, 0.717) is 18.2 Å². The van der Waals surface area contributed by atoms with Gasteiger partial charge in [-0.1, -0.05) is 44.0 Å². The molecular formula is C21H29N3O2S2. The molecule has 0 saturated heterocycles. The predicted molar refractivity (Wildman–Crippen MR) is 119 cm³/mol. The highest BCUT2D eigenvalue weighted by Gasteiger charge is 2.25. The van der Waals surface area contributed by atoms with Crippen molar-refractivity contribution >= 4 is 39.2 Å². The normalized spacial score (nSPS) is 14.2. The third-order valence-electron chi connectivity index (χ3n) is 5.10. The molecular weight excluding hydrogens is 390 g/mol. The second-order valence-electron chi connectivity index (χ2n) is 7.24. The van der Waals surface area contributed by atoms with E-state index in [1.807, 2.05) is 11.5 Å². The maximum absolute atomic E-state index is 13.4. The molecule has 1 unspecified atom stereocenters. The largest absolute Gasteiger partial charge is 0.352 e. The van der Waals surface area contributed by atoms with Crippen LogP contribution in [0.5, 0.6) is 0 Å². The molecule has 152 valence electrons. The molecule has 0 fully saturated rings. The Balaban J connectivity index is 1.93. The van der Waals surface area contributed by atoms with Crippen molar-refractivity contribution < 1.29 is 4.79 Å². The first-order chi connectivity index (χ1) is 13.6. The van der Waals surface area contributed by atoms with Gasteiger partial charge in [0.25, 0.3) is 5.56 Å². The Bertz CT molecular complexity index is 916. The summed E-state index contributed by atoms with van der Waals surface area (Å²) in [7, 11) is 0. The summed E-state index contributed by atoms with van der Waals surface area (Å²) in [5.41, 5.74) is 1.29. The molecule has 0 aromatic carbocycles. The SMILES string of the molecule is C=CCNC(=O)C(C)Sc1nc2sc3c(c2c(=O)n1CCCCCC)CCC3. The number of carbonyl (C=O) groups excluding carboxylic acids is 1. The zero-order valence-corrected chi connectivity index (χ0v) is 18.4. The quantitative estimate of drug-likeness (QED) is 0.270. The molecule has 3 rings (SSSR count). The maximum atomic E-state index is 13.4. The first-order valence-electron chi connectivity index (χ1n) is 10.2. The number of rotatable bonds is 10. The lowest BCUT2D eigenvalue weighted by Crippen LogP contribution is -2.32. The van der Waals surface area contributed by atoms with Gasteiger partial charge in [-0.25, -0.2) is 4.98 Å². The minimum absolute atomic E-state index is 0.0644. The van der Waals surface area contributed by atoms with E-state index in [0.717, 1.165) is 48.7 Å². The number of hydrogen-bond donors (Lipinski definition) is 1. The van der Waals surface area contributed by atoms with Crippen LogP contribution in [-0.4, -0.2) is 27.3 Å². The smallest absolute Gasteiger partial charge is 0.263 e. The van der Waals surface area contributed by atoms with Gasteiger partial charge in [-0.2, -0.15) is 0 Å². The average molecular weight is 420 g/mol. The average Bonchev–Trinajstić information content (AvgIpc) is 3.25. The molecule has 0 aliphatic heterocycles. The van der Waals surface area contributed by atoms with Crippen molar-refractivity contribution in [2.45, 2.75) is 75.7 Å². The molecule has 2 aromatic heterocycles. The van der Waals surface area contributed by atoms with Crippen molar-refractivity contribution in [3.8, 4) is 0 Å². The number of thiophene rings is 1. The number of amides is 1. The molecule has 1 N–H and O–H groups in total. The molecule has 2 aromatic rings. The Labute approximate surface area is 174 Å². The Kier molecular flexibility index (Phi) is 7.35. The summed E-state index contributed by atoms with van der Waals surface area (Å²) in [6, 6.07) is 0. The van der Waals surface area contributed by atoms with E-state index >= 15 is 0 Å². The second kappa shape index (κ2) is 9.74. The van der Waals surface area contributed by atoms with E-state index in [1.165, 1.54) is 28.6 Å². The highest BCUT2D eigenvalue weighted by Crippen LogP contribution is 2.36. The standard InChI is InChI=1S/C21H29N3O2S2/c1-4-6-7-8-13-24-20(26)17-15-10-9-11-16(15)28-19(17)23-21(24)27-14(3)18(25)22-12-5-2/h5,14H,2,4,6-13H2,1,3H3,(H,22,25). The van der Waals surface area contributed by atoms with Crippen molar-refractivity contribution in [3.63, 3.8) is 0 Å². The van der Waals surface area contributed by atoms with Crippen LogP contribution in [0.3, 0.4) is 0 Å². The summed E-state index contributed by atoms with van der Waals surface area (Å²) in [5.74, 6) is -0.0644. The fourth-order valence-electron chi connectivity index (χ4n) is 3.57. The summed E-state index contributed by atoms with van der Waals surface area (Å²) in [5, 5.41) is 3.99. The molecule has 1 aliphatic rings. The van der Waals surface area contributed by atoms with Gasteiger partial charge in [0.2, 0.25) is 5.91 Å². The number of unbranched alkanes of at least 4 members (excludes halogenated alkanes) is 3. The number of aromatic nitrogens is 2. The molecule has 1 atom stereocenters. The Morgan fingerprint density at radius 3 is 2.96 bits per heavy atom. The molecule has 1 aliphatic carbocycles. The Morgan fingerprint density at radius 2 is 2.21 bits per heavy atom. The van der Waals surface area contributed by atoms with Crippen LogP contribution in [0.4, 0.5) is 0 Å². The zero-order valence-electron chi connectivity index (χ0n) is 16.8. The fraction of sp³-hybridized carbons (Fsp3) is 0.571. The summed E-state index contributed by atoms with van der Waals surface area (Å²) in [6.45, 7) is 8.77. The lowest BCUT2D eigenvalue weighted by atomic mass is 10.2. The van der Waals surface area contributed by atoms with E-state index < -0.39 is 0 Å². The topological polar surface area (TPSA) is 64.0 Å². The van der Waals surface area contributed by atoms with E-state index in [1.54, 1.807) is 17.4 Å². The second-order valence-corrected chi connectivity index (χ2v) is 9.63. The molecule has 0 bridgehead atoms. The lowest BCUT2D eigenvalue weighted by Gasteiger charge is -2.15. The molecule has 7 heteroatoms. The molecule has 2 heterocycles. The maximum Gasteiger partial charge on any atom is 0.263 e. The van der Waals surface area contributed by atoms with Crippen molar-refractivity contribution in [2.75, 3.05) is 6.54 Å². The van der Waals surface area contributed by atoms with Crippen LogP contribution in [0, 0.1) is 0 Å². The van der Waals surface area contributed by atoms with Gasteiger partial charge in [0.1, 0.15) is 4.83 Å². The van der Waals surface area contributed by atoms with Gasteiger partial charge in [-0.3, -0.25) is 14.2 Å². The minimum atomic E-state index is -0.321. The summed E-state index contributed by atoms with van der Waals surface area (Å²) >= 11 is 3.03. The molecule has 5 nitrogen and oxygen atoms in total. The van der Waals surface area contributed by atoms with Crippen LogP contribution < -0.4 is 10.9 Å². The van der Waals surface area contributed by atoms with E-state index in [2.05, 4.69) is 18.8 Å². The monoisotopic (exact) mass is 419 g/mol. The number of thioether (sulfide) groups is 1. The van der Waals surface area contributed by atoms with Gasteiger partial charge < -0.3 is 5.32 Å². The van der Waals surface area contributed by atoms with Gasteiger partial charge in [-0.15, -0.1) is 17.9 Å². The highest BCUT2D eigenvalue weighted by molar-refractivity contribution is 8.00. The van der Waals surface area contributed by atoms with E-state index in [9.17, 15) is 9.59 Å². The number of carbonyl (C=O) groups is 1. The number of nitrogens with zero attached hydrogens (tertiary/aromatic N) is 2. The molecule has 0 spiro atoms. The van der Waals surface area contributed by atoms with Crippen molar-refractivity contribution in [1.29, 1.82) is 0 Å². The third kappa shape index (κ3) is 4.51. The Hall–Kier alpha value is -1.60. The summed E-state index contributed by atoms with van der Waals surface area (Å²) in [6.07, 6.45) is 9.21. The van der Waals surface area contributed by atoms with Crippen LogP contribution in [0.15, 0.2) is 22.6 Å². The zero-order chi connectivity index (χ0) is 20.1. The van der Waals surface area contributed by atoms with Crippen molar-refractivity contribution in [1.82, 2.24) is 14.9 Å². The van der Waals surface area contributed by atoms with Crippen LogP contribution in [0.1, 0.15) is 56.4 Å².